The van der Waals surface area contributed by atoms with Crippen molar-refractivity contribution in [3.8, 4) is 0 Å². The van der Waals surface area contributed by atoms with E-state index in [0.29, 0.717) is 13.2 Å². The maximum Gasteiger partial charge on any atom is 0.251 e. The van der Waals surface area contributed by atoms with Gasteiger partial charge in [0.25, 0.3) is 5.91 Å². The van der Waals surface area contributed by atoms with E-state index in [4.69, 9.17) is 4.74 Å². The lowest BCUT2D eigenvalue weighted by Crippen LogP contribution is -2.36. The third-order valence-electron chi connectivity index (χ3n) is 4.18. The molecule has 2 rings (SSSR count). The molecule has 0 heterocycles. The largest absolute Gasteiger partial charge is 0.380 e. The fourth-order valence-electron chi connectivity index (χ4n) is 2.55. The summed E-state index contributed by atoms with van der Waals surface area (Å²) in [4.78, 5) is 24.4. The number of carbonyl (C=O) groups is 2. The van der Waals surface area contributed by atoms with Crippen LogP contribution in [0.15, 0.2) is 53.4 Å². The number of benzene rings is 2. The minimum absolute atomic E-state index is 0.00866. The summed E-state index contributed by atoms with van der Waals surface area (Å²) in [7, 11) is 0.780. The first kappa shape index (κ1) is 22.5. The molecule has 0 bridgehead atoms. The fourth-order valence-corrected chi connectivity index (χ4v) is 3.50. The van der Waals surface area contributed by atoms with Crippen LogP contribution in [-0.2, 0) is 32.7 Å². The number of nitrogens with one attached hydrogen (secondary N) is 2. The molecule has 0 aromatic heterocycles. The second-order valence-electron chi connectivity index (χ2n) is 6.48. The third kappa shape index (κ3) is 6.11. The van der Waals surface area contributed by atoms with E-state index in [0.717, 1.165) is 15.4 Å². The van der Waals surface area contributed by atoms with Gasteiger partial charge in [-0.2, -0.15) is 0 Å². The Morgan fingerprint density at radius 2 is 1.69 bits per heavy atom. The predicted molar refractivity (Wildman–Crippen MR) is 109 cm³/mol. The molecule has 0 saturated carbocycles. The molecule has 0 aliphatic rings. The summed E-state index contributed by atoms with van der Waals surface area (Å²) < 4.78 is 30.6. The lowest BCUT2D eigenvalue weighted by molar-refractivity contribution is -0.120. The van der Waals surface area contributed by atoms with E-state index in [1.165, 1.54) is 38.4 Å². The van der Waals surface area contributed by atoms with Crippen molar-refractivity contribution < 1.29 is 22.7 Å². The molecular weight excluding hydrogens is 394 g/mol. The van der Waals surface area contributed by atoms with Gasteiger partial charge in [-0.25, -0.2) is 12.7 Å². The van der Waals surface area contributed by atoms with Crippen molar-refractivity contribution in [1.29, 1.82) is 0 Å². The van der Waals surface area contributed by atoms with Crippen LogP contribution in [0.25, 0.3) is 0 Å². The average molecular weight is 420 g/mol. The van der Waals surface area contributed by atoms with E-state index >= 15 is 0 Å². The van der Waals surface area contributed by atoms with Gasteiger partial charge in [-0.05, 0) is 29.3 Å². The van der Waals surface area contributed by atoms with Crippen LogP contribution in [0.5, 0.6) is 0 Å². The number of nitrogens with zero attached hydrogens (tertiary/aromatic N) is 1. The predicted octanol–water partition coefficient (Wildman–Crippen LogP) is 1.13. The molecule has 8 nitrogen and oxygen atoms in total. The van der Waals surface area contributed by atoms with E-state index in [9.17, 15) is 18.0 Å². The van der Waals surface area contributed by atoms with Crippen molar-refractivity contribution in [2.45, 2.75) is 18.0 Å². The summed E-state index contributed by atoms with van der Waals surface area (Å²) in [6.45, 7) is 0.524. The lowest BCUT2D eigenvalue weighted by atomic mass is 10.1. The summed E-state index contributed by atoms with van der Waals surface area (Å²) in [5.41, 5.74) is 2.06. The smallest absolute Gasteiger partial charge is 0.251 e. The lowest BCUT2D eigenvalue weighted by Gasteiger charge is -2.12. The van der Waals surface area contributed by atoms with Crippen molar-refractivity contribution >= 4 is 21.8 Å². The Hall–Kier alpha value is -2.75. The molecule has 0 aliphatic carbocycles. The molecule has 0 unspecified atom stereocenters. The van der Waals surface area contributed by atoms with Crippen molar-refractivity contribution in [1.82, 2.24) is 14.9 Å². The summed E-state index contributed by atoms with van der Waals surface area (Å²) in [6, 6.07) is 13.2. The molecule has 0 aliphatic heterocycles. The summed E-state index contributed by atoms with van der Waals surface area (Å²) in [5.74, 6) is -0.890. The first-order valence-electron chi connectivity index (χ1n) is 8.89. The molecule has 2 N–H and O–H groups in total. The van der Waals surface area contributed by atoms with Gasteiger partial charge in [-0.3, -0.25) is 9.59 Å². The minimum atomic E-state index is -3.65. The van der Waals surface area contributed by atoms with Crippen molar-refractivity contribution in [3.63, 3.8) is 0 Å². The summed E-state index contributed by atoms with van der Waals surface area (Å²) in [5, 5.41) is 5.24. The highest BCUT2D eigenvalue weighted by molar-refractivity contribution is 7.89. The van der Waals surface area contributed by atoms with Crippen LogP contribution in [0.3, 0.4) is 0 Å². The van der Waals surface area contributed by atoms with E-state index in [2.05, 4.69) is 10.6 Å². The minimum Gasteiger partial charge on any atom is -0.380 e. The van der Waals surface area contributed by atoms with Crippen LogP contribution < -0.4 is 10.6 Å². The fraction of sp³-hybridized carbons (Fsp3) is 0.300. The number of methoxy groups -OCH3 is 1. The SMILES string of the molecule is COCc1ccccc1CNC(=O)CNC(=O)c1cccc(S(=O)(=O)N(C)C)c1. The normalized spacial score (nSPS) is 11.3. The maximum atomic E-state index is 12.3. The first-order chi connectivity index (χ1) is 13.8. The standard InChI is InChI=1S/C20H25N3O5S/c1-23(2)29(26,27)18-10-6-9-15(11-18)20(25)22-13-19(24)21-12-16-7-4-5-8-17(16)14-28-3/h4-11H,12-14H2,1-3H3,(H,21,24)(H,22,25). The molecule has 0 spiro atoms. The number of ether oxygens (including phenoxy) is 1. The van der Waals surface area contributed by atoms with Gasteiger partial charge in [0.15, 0.2) is 0 Å². The van der Waals surface area contributed by atoms with Crippen LogP contribution in [0.1, 0.15) is 21.5 Å². The zero-order valence-electron chi connectivity index (χ0n) is 16.6. The highest BCUT2D eigenvalue weighted by atomic mass is 32.2. The van der Waals surface area contributed by atoms with E-state index in [1.54, 1.807) is 7.11 Å². The average Bonchev–Trinajstić information content (AvgIpc) is 2.71. The second-order valence-corrected chi connectivity index (χ2v) is 8.63. The second kappa shape index (κ2) is 10.1. The first-order valence-corrected chi connectivity index (χ1v) is 10.3. The zero-order chi connectivity index (χ0) is 21.4. The van der Waals surface area contributed by atoms with Gasteiger partial charge in [0.05, 0.1) is 18.0 Å². The Balaban J connectivity index is 1.93. The highest BCUT2D eigenvalue weighted by Gasteiger charge is 2.19. The molecule has 2 amide bonds. The Morgan fingerprint density at radius 1 is 1.00 bits per heavy atom. The van der Waals surface area contributed by atoms with Gasteiger partial charge >= 0.3 is 0 Å². The molecule has 0 saturated heterocycles. The van der Waals surface area contributed by atoms with E-state index < -0.39 is 15.9 Å². The van der Waals surface area contributed by atoms with Gasteiger partial charge in [-0.1, -0.05) is 30.3 Å². The molecule has 0 fully saturated rings. The molecule has 0 atom stereocenters. The number of rotatable bonds is 9. The summed E-state index contributed by atoms with van der Waals surface area (Å²) >= 11 is 0. The van der Waals surface area contributed by atoms with Gasteiger partial charge in [0.2, 0.25) is 15.9 Å². The maximum absolute atomic E-state index is 12.3. The van der Waals surface area contributed by atoms with E-state index in [1.807, 2.05) is 24.3 Å². The molecule has 2 aromatic rings. The zero-order valence-corrected chi connectivity index (χ0v) is 17.5. The topological polar surface area (TPSA) is 105 Å². The quantitative estimate of drug-likeness (QED) is 0.634. The van der Waals surface area contributed by atoms with Crippen LogP contribution in [0, 0.1) is 0 Å². The Kier molecular flexibility index (Phi) is 7.89. The van der Waals surface area contributed by atoms with Gasteiger partial charge in [-0.15, -0.1) is 0 Å². The van der Waals surface area contributed by atoms with Crippen molar-refractivity contribution in [2.75, 3.05) is 27.7 Å². The van der Waals surface area contributed by atoms with Gasteiger partial charge in [0.1, 0.15) is 0 Å². The number of hydrogen-bond donors (Lipinski definition) is 2. The number of amides is 2. The third-order valence-corrected chi connectivity index (χ3v) is 5.99. The Morgan fingerprint density at radius 3 is 2.34 bits per heavy atom. The molecular formula is C20H25N3O5S. The molecule has 156 valence electrons. The van der Waals surface area contributed by atoms with Gasteiger partial charge < -0.3 is 15.4 Å². The number of sulfonamides is 1. The molecule has 2 aromatic carbocycles. The Labute approximate surface area is 170 Å². The van der Waals surface area contributed by atoms with E-state index in [-0.39, 0.29) is 22.9 Å². The number of carbonyl (C=O) groups excluding carboxylic acids is 2. The van der Waals surface area contributed by atoms with Crippen molar-refractivity contribution in [2.24, 2.45) is 0 Å². The van der Waals surface area contributed by atoms with Crippen LogP contribution >= 0.6 is 0 Å². The monoisotopic (exact) mass is 419 g/mol. The Bertz CT molecular complexity index is 974. The molecule has 9 heteroatoms. The van der Waals surface area contributed by atoms with Crippen LogP contribution in [0.4, 0.5) is 0 Å². The van der Waals surface area contributed by atoms with Crippen LogP contribution in [-0.4, -0.2) is 52.3 Å². The van der Waals surface area contributed by atoms with Crippen molar-refractivity contribution in [3.05, 3.63) is 65.2 Å². The molecule has 0 radical (unpaired) electrons. The van der Waals surface area contributed by atoms with Crippen LogP contribution in [0.2, 0.25) is 0 Å². The highest BCUT2D eigenvalue weighted by Crippen LogP contribution is 2.15. The van der Waals surface area contributed by atoms with Gasteiger partial charge in [0, 0.05) is 33.3 Å². The molecule has 29 heavy (non-hydrogen) atoms. The summed E-state index contributed by atoms with van der Waals surface area (Å²) in [6.07, 6.45) is 0. The number of hydrogen-bond acceptors (Lipinski definition) is 5.